The molecule has 0 spiro atoms. The molecule has 1 aliphatic rings. The van der Waals surface area contributed by atoms with Gasteiger partial charge in [0.05, 0.1) is 5.92 Å². The first kappa shape index (κ1) is 22.9. The van der Waals surface area contributed by atoms with Gasteiger partial charge in [-0.3, -0.25) is 14.4 Å². The maximum absolute atomic E-state index is 12.4. The number of benzene rings is 1. The van der Waals surface area contributed by atoms with Gasteiger partial charge in [0.25, 0.3) is 5.91 Å². The summed E-state index contributed by atoms with van der Waals surface area (Å²) >= 11 is 0. The maximum Gasteiger partial charge on any atom is 0.251 e. The number of anilines is 1. The molecule has 1 aliphatic heterocycles. The largest absolute Gasteiger partial charge is 0.381 e. The summed E-state index contributed by atoms with van der Waals surface area (Å²) in [5.74, 6) is -0.637. The van der Waals surface area contributed by atoms with Crippen molar-refractivity contribution in [1.82, 2.24) is 10.2 Å². The molecule has 7 nitrogen and oxygen atoms in total. The van der Waals surface area contributed by atoms with Crippen LogP contribution < -0.4 is 10.6 Å². The molecule has 1 atom stereocenters. The van der Waals surface area contributed by atoms with Crippen LogP contribution in [0, 0.1) is 5.92 Å². The van der Waals surface area contributed by atoms with Gasteiger partial charge in [-0.2, -0.15) is 0 Å². The Labute approximate surface area is 173 Å². The lowest BCUT2D eigenvalue weighted by Gasteiger charge is -2.20. The summed E-state index contributed by atoms with van der Waals surface area (Å²) in [7, 11) is 0. The second-order valence-electron chi connectivity index (χ2n) is 7.68. The number of hydrogen-bond acceptors (Lipinski definition) is 4. The Balaban J connectivity index is 1.74. The van der Waals surface area contributed by atoms with Crippen LogP contribution >= 0.6 is 0 Å². The van der Waals surface area contributed by atoms with E-state index in [4.69, 9.17) is 4.74 Å². The van der Waals surface area contributed by atoms with Crippen LogP contribution in [-0.4, -0.2) is 55.0 Å². The zero-order valence-electron chi connectivity index (χ0n) is 17.7. The minimum absolute atomic E-state index is 0.0166. The molecule has 0 radical (unpaired) electrons. The number of nitrogens with one attached hydrogen (secondary N) is 2. The van der Waals surface area contributed by atoms with Gasteiger partial charge in [0.2, 0.25) is 11.8 Å². The Morgan fingerprint density at radius 2 is 1.86 bits per heavy atom. The van der Waals surface area contributed by atoms with E-state index in [1.165, 1.54) is 0 Å². The van der Waals surface area contributed by atoms with Gasteiger partial charge in [-0.05, 0) is 51.0 Å². The first-order valence-electron chi connectivity index (χ1n) is 10.5. The van der Waals surface area contributed by atoms with Gasteiger partial charge in [-0.15, -0.1) is 0 Å². The number of likely N-dealkylation sites (tertiary alicyclic amines) is 1. The molecule has 29 heavy (non-hydrogen) atoms. The zero-order valence-corrected chi connectivity index (χ0v) is 17.7. The van der Waals surface area contributed by atoms with Crippen molar-refractivity contribution in [3.05, 3.63) is 29.8 Å². The Bertz CT molecular complexity index is 688. The molecule has 160 valence electrons. The molecule has 3 amide bonds. The van der Waals surface area contributed by atoms with E-state index in [-0.39, 0.29) is 36.1 Å². The lowest BCUT2D eigenvalue weighted by molar-refractivity contribution is -0.129. The molecule has 1 aromatic carbocycles. The highest BCUT2D eigenvalue weighted by atomic mass is 16.5. The normalized spacial score (nSPS) is 16.3. The fourth-order valence-corrected chi connectivity index (χ4v) is 3.18. The highest BCUT2D eigenvalue weighted by molar-refractivity contribution is 5.98. The number of amides is 3. The summed E-state index contributed by atoms with van der Waals surface area (Å²) < 4.78 is 5.47. The van der Waals surface area contributed by atoms with E-state index in [1.807, 2.05) is 13.8 Å². The average molecular weight is 404 g/mol. The third-order valence-corrected chi connectivity index (χ3v) is 4.96. The average Bonchev–Trinajstić information content (AvgIpc) is 3.10. The molecule has 1 heterocycles. The molecular weight excluding hydrogens is 370 g/mol. The van der Waals surface area contributed by atoms with Crippen LogP contribution in [0.15, 0.2) is 24.3 Å². The van der Waals surface area contributed by atoms with Gasteiger partial charge in [0.1, 0.15) is 0 Å². The molecule has 0 saturated carbocycles. The number of hydrogen-bond donors (Lipinski definition) is 2. The van der Waals surface area contributed by atoms with Gasteiger partial charge in [0, 0.05) is 50.0 Å². The highest BCUT2D eigenvalue weighted by Crippen LogP contribution is 2.22. The van der Waals surface area contributed by atoms with Crippen molar-refractivity contribution in [2.75, 3.05) is 31.6 Å². The van der Waals surface area contributed by atoms with E-state index in [0.717, 1.165) is 25.9 Å². The molecular formula is C22H33N3O4. The Kier molecular flexibility index (Phi) is 9.12. The van der Waals surface area contributed by atoms with E-state index in [1.54, 1.807) is 29.2 Å². The first-order chi connectivity index (χ1) is 13.9. The molecule has 7 heteroatoms. The SMILES string of the molecule is CCCCOCCCNC(=O)c1ccc(NC(=O)C2CC(=O)N(C(C)C)C2)cc1. The first-order valence-corrected chi connectivity index (χ1v) is 10.5. The Hall–Kier alpha value is -2.41. The molecule has 0 aliphatic carbocycles. The monoisotopic (exact) mass is 403 g/mol. The van der Waals surface area contributed by atoms with Crippen LogP contribution in [-0.2, 0) is 14.3 Å². The van der Waals surface area contributed by atoms with Crippen molar-refractivity contribution >= 4 is 23.4 Å². The van der Waals surface area contributed by atoms with E-state index >= 15 is 0 Å². The van der Waals surface area contributed by atoms with Gasteiger partial charge in [-0.1, -0.05) is 13.3 Å². The highest BCUT2D eigenvalue weighted by Gasteiger charge is 2.35. The number of carbonyl (C=O) groups is 3. The molecule has 1 aromatic rings. The van der Waals surface area contributed by atoms with E-state index in [2.05, 4.69) is 17.6 Å². The molecule has 2 N–H and O–H groups in total. The predicted octanol–water partition coefficient (Wildman–Crippen LogP) is 2.82. The van der Waals surface area contributed by atoms with Crippen molar-refractivity contribution in [3.63, 3.8) is 0 Å². The van der Waals surface area contributed by atoms with Gasteiger partial charge >= 0.3 is 0 Å². The lowest BCUT2D eigenvalue weighted by Crippen LogP contribution is -2.33. The number of carbonyl (C=O) groups excluding carboxylic acids is 3. The summed E-state index contributed by atoms with van der Waals surface area (Å²) in [6.07, 6.45) is 3.19. The maximum atomic E-state index is 12.4. The van der Waals surface area contributed by atoms with Crippen molar-refractivity contribution in [2.45, 2.75) is 52.5 Å². The molecule has 1 fully saturated rings. The summed E-state index contributed by atoms with van der Waals surface area (Å²) in [5, 5.41) is 5.71. The number of nitrogens with zero attached hydrogens (tertiary/aromatic N) is 1. The van der Waals surface area contributed by atoms with Crippen molar-refractivity contribution in [1.29, 1.82) is 0 Å². The van der Waals surface area contributed by atoms with Gasteiger partial charge in [0.15, 0.2) is 0 Å². The Morgan fingerprint density at radius 1 is 1.17 bits per heavy atom. The van der Waals surface area contributed by atoms with Crippen LogP contribution in [0.1, 0.15) is 56.8 Å². The summed E-state index contributed by atoms with van der Waals surface area (Å²) in [6, 6.07) is 6.88. The Morgan fingerprint density at radius 3 is 2.48 bits per heavy atom. The fourth-order valence-electron chi connectivity index (χ4n) is 3.18. The third kappa shape index (κ3) is 7.16. The van der Waals surface area contributed by atoms with Crippen LogP contribution in [0.3, 0.4) is 0 Å². The minimum atomic E-state index is -0.340. The van der Waals surface area contributed by atoms with Crippen molar-refractivity contribution < 1.29 is 19.1 Å². The van der Waals surface area contributed by atoms with E-state index in [0.29, 0.717) is 30.9 Å². The van der Waals surface area contributed by atoms with Crippen LogP contribution in [0.4, 0.5) is 5.69 Å². The van der Waals surface area contributed by atoms with Gasteiger partial charge < -0.3 is 20.3 Å². The van der Waals surface area contributed by atoms with E-state index in [9.17, 15) is 14.4 Å². The number of unbranched alkanes of at least 4 members (excludes halogenated alkanes) is 1. The summed E-state index contributed by atoms with van der Waals surface area (Å²) in [6.45, 7) is 8.43. The third-order valence-electron chi connectivity index (χ3n) is 4.96. The van der Waals surface area contributed by atoms with Crippen molar-refractivity contribution in [2.24, 2.45) is 5.92 Å². The van der Waals surface area contributed by atoms with Gasteiger partial charge in [-0.25, -0.2) is 0 Å². The molecule has 2 rings (SSSR count). The number of rotatable bonds is 11. The quantitative estimate of drug-likeness (QED) is 0.556. The van der Waals surface area contributed by atoms with E-state index < -0.39 is 0 Å². The molecule has 1 unspecified atom stereocenters. The van der Waals surface area contributed by atoms with Crippen molar-refractivity contribution in [3.8, 4) is 0 Å². The van der Waals surface area contributed by atoms with Crippen LogP contribution in [0.25, 0.3) is 0 Å². The zero-order chi connectivity index (χ0) is 21.2. The smallest absolute Gasteiger partial charge is 0.251 e. The molecule has 0 bridgehead atoms. The number of ether oxygens (including phenoxy) is 1. The lowest BCUT2D eigenvalue weighted by atomic mass is 10.1. The minimum Gasteiger partial charge on any atom is -0.381 e. The summed E-state index contributed by atoms with van der Waals surface area (Å²) in [5.41, 5.74) is 1.16. The predicted molar refractivity (Wildman–Crippen MR) is 113 cm³/mol. The second-order valence-corrected chi connectivity index (χ2v) is 7.68. The van der Waals surface area contributed by atoms with Crippen LogP contribution in [0.2, 0.25) is 0 Å². The fraction of sp³-hybridized carbons (Fsp3) is 0.591. The van der Waals surface area contributed by atoms with Crippen LogP contribution in [0.5, 0.6) is 0 Å². The second kappa shape index (κ2) is 11.6. The standard InChI is InChI=1S/C22H33N3O4/c1-4-5-12-29-13-6-11-23-21(27)17-7-9-19(10-8-17)24-22(28)18-14-20(26)25(15-18)16(2)3/h7-10,16,18H,4-6,11-15H2,1-3H3,(H,23,27)(H,24,28). The topological polar surface area (TPSA) is 87.7 Å². The molecule has 0 aromatic heterocycles. The molecule has 1 saturated heterocycles. The summed E-state index contributed by atoms with van der Waals surface area (Å²) in [4.78, 5) is 38.3.